The molecule has 0 spiro atoms. The van der Waals surface area contributed by atoms with Gasteiger partial charge in [-0.05, 0) is 70.4 Å². The van der Waals surface area contributed by atoms with Crippen LogP contribution in [0, 0.1) is 5.82 Å². The average Bonchev–Trinajstić information content (AvgIpc) is 2.83. The van der Waals surface area contributed by atoms with Crippen LogP contribution in [0.2, 0.25) is 5.02 Å². The maximum absolute atomic E-state index is 13.4. The van der Waals surface area contributed by atoms with Gasteiger partial charge in [0.2, 0.25) is 0 Å². The Bertz CT molecular complexity index is 1470. The fraction of sp³-hybridized carbons (Fsp3) is 0.192. The largest absolute Gasteiger partial charge is 0.487 e. The lowest BCUT2D eigenvalue weighted by molar-refractivity contribution is 0.303. The Balaban J connectivity index is 1.77. The molecule has 0 unspecified atom stereocenters. The summed E-state index contributed by atoms with van der Waals surface area (Å²) in [7, 11) is 0. The molecule has 1 heterocycles. The van der Waals surface area contributed by atoms with Gasteiger partial charge in [0.15, 0.2) is 0 Å². The normalized spacial score (nSPS) is 12.4. The van der Waals surface area contributed by atoms with Gasteiger partial charge in [-0.25, -0.2) is 9.37 Å². The fourth-order valence-corrected chi connectivity index (χ4v) is 4.77. The summed E-state index contributed by atoms with van der Waals surface area (Å²) in [5.41, 5.74) is 1.73. The van der Waals surface area contributed by atoms with Crippen LogP contribution in [0.4, 0.5) is 4.39 Å². The van der Waals surface area contributed by atoms with E-state index in [-0.39, 0.29) is 23.9 Å². The van der Waals surface area contributed by atoms with Gasteiger partial charge in [0.25, 0.3) is 5.56 Å². The van der Waals surface area contributed by atoms with E-state index in [9.17, 15) is 9.18 Å². The molecule has 1 aromatic heterocycles. The van der Waals surface area contributed by atoms with Crippen molar-refractivity contribution < 1.29 is 9.13 Å². The number of aromatic nitrogens is 2. The molecule has 4 aromatic rings. The Morgan fingerprint density at radius 1 is 1.17 bits per heavy atom. The second-order valence-electron chi connectivity index (χ2n) is 8.02. The third-order valence-corrected chi connectivity index (χ3v) is 6.83. The number of ether oxygens (including phenoxy) is 1. The number of benzene rings is 3. The lowest BCUT2D eigenvalue weighted by atomic mass is 10.1. The van der Waals surface area contributed by atoms with Crippen LogP contribution >= 0.6 is 43.5 Å². The molecule has 0 saturated carbocycles. The van der Waals surface area contributed by atoms with Crippen molar-refractivity contribution in [3.8, 4) is 5.75 Å². The van der Waals surface area contributed by atoms with E-state index in [1.165, 1.54) is 23.0 Å². The van der Waals surface area contributed by atoms with Crippen molar-refractivity contribution in [2.24, 2.45) is 5.10 Å². The van der Waals surface area contributed by atoms with Crippen LogP contribution < -0.4 is 10.3 Å². The van der Waals surface area contributed by atoms with Gasteiger partial charge in [-0.1, -0.05) is 53.5 Å². The van der Waals surface area contributed by atoms with Gasteiger partial charge >= 0.3 is 0 Å². The molecule has 1 atom stereocenters. The van der Waals surface area contributed by atoms with Gasteiger partial charge in [-0.2, -0.15) is 9.78 Å². The van der Waals surface area contributed by atoms with Crippen LogP contribution in [-0.4, -0.2) is 15.9 Å². The smallest absolute Gasteiger partial charge is 0.282 e. The zero-order valence-corrected chi connectivity index (χ0v) is 22.9. The molecule has 9 heteroatoms. The van der Waals surface area contributed by atoms with Gasteiger partial charge in [0.1, 0.15) is 24.0 Å². The summed E-state index contributed by atoms with van der Waals surface area (Å²) in [6.45, 7) is 4.25. The third kappa shape index (κ3) is 5.82. The summed E-state index contributed by atoms with van der Waals surface area (Å²) in [5.74, 6) is 0.761. The van der Waals surface area contributed by atoms with Crippen LogP contribution in [0.1, 0.15) is 43.1 Å². The van der Waals surface area contributed by atoms with Crippen molar-refractivity contribution in [2.75, 3.05) is 0 Å². The molecule has 5 nitrogen and oxygen atoms in total. The number of hydrogen-bond donors (Lipinski definition) is 0. The van der Waals surface area contributed by atoms with Gasteiger partial charge in [-0.3, -0.25) is 4.79 Å². The molecular formula is C26H21Br2ClFN3O2. The van der Waals surface area contributed by atoms with Gasteiger partial charge in [-0.15, -0.1) is 0 Å². The monoisotopic (exact) mass is 619 g/mol. The van der Waals surface area contributed by atoms with Crippen LogP contribution in [0.5, 0.6) is 5.75 Å². The van der Waals surface area contributed by atoms with Crippen molar-refractivity contribution in [2.45, 2.75) is 32.8 Å². The first-order valence-electron chi connectivity index (χ1n) is 10.9. The number of rotatable bonds is 7. The molecule has 180 valence electrons. The molecule has 0 saturated heterocycles. The van der Waals surface area contributed by atoms with E-state index in [1.807, 2.05) is 26.0 Å². The summed E-state index contributed by atoms with van der Waals surface area (Å²) in [6, 6.07) is 14.9. The Morgan fingerprint density at radius 2 is 1.91 bits per heavy atom. The molecule has 0 aliphatic rings. The van der Waals surface area contributed by atoms with E-state index in [2.05, 4.69) is 37.0 Å². The van der Waals surface area contributed by atoms with Crippen molar-refractivity contribution in [1.82, 2.24) is 9.66 Å². The molecule has 0 N–H and O–H groups in total. The fourth-order valence-electron chi connectivity index (χ4n) is 3.46. The summed E-state index contributed by atoms with van der Waals surface area (Å²) < 4.78 is 22.0. The first-order valence-corrected chi connectivity index (χ1v) is 12.9. The standard InChI is InChI=1S/C26H21Br2ClFN3O2/c1-3-15(2)25-32-23-9-6-18(27)11-21(23)26(34)33(25)31-13-17-10-19(29)12-22(28)24(17)35-14-16-4-7-20(30)8-5-16/h4-13,15H,3,14H2,1-2H3/t15-/m0/s1. The molecular weight excluding hydrogens is 601 g/mol. The van der Waals surface area contributed by atoms with E-state index >= 15 is 0 Å². The van der Waals surface area contributed by atoms with E-state index in [0.29, 0.717) is 37.5 Å². The average molecular weight is 622 g/mol. The Hall–Kier alpha value is -2.55. The van der Waals surface area contributed by atoms with Crippen molar-refractivity contribution >= 4 is 60.6 Å². The SMILES string of the molecule is CC[C@H](C)c1nc2ccc(Br)cc2c(=O)n1N=Cc1cc(Cl)cc(Br)c1OCc1ccc(F)cc1. The maximum atomic E-state index is 13.4. The first kappa shape index (κ1) is 25.5. The maximum Gasteiger partial charge on any atom is 0.282 e. The molecule has 0 aliphatic carbocycles. The quantitative estimate of drug-likeness (QED) is 0.199. The second kappa shape index (κ2) is 11.0. The summed E-state index contributed by atoms with van der Waals surface area (Å²) in [5, 5.41) is 5.46. The van der Waals surface area contributed by atoms with E-state index in [4.69, 9.17) is 21.3 Å². The van der Waals surface area contributed by atoms with E-state index in [0.717, 1.165) is 16.5 Å². The third-order valence-electron chi connectivity index (χ3n) is 5.53. The number of halogens is 4. The van der Waals surface area contributed by atoms with E-state index < -0.39 is 0 Å². The second-order valence-corrected chi connectivity index (χ2v) is 10.2. The molecule has 0 amide bonds. The van der Waals surface area contributed by atoms with Gasteiger partial charge in [0.05, 0.1) is 21.6 Å². The summed E-state index contributed by atoms with van der Waals surface area (Å²) in [4.78, 5) is 18.1. The number of hydrogen-bond acceptors (Lipinski definition) is 4. The van der Waals surface area contributed by atoms with Gasteiger partial charge in [0, 0.05) is 21.0 Å². The lowest BCUT2D eigenvalue weighted by Gasteiger charge is -2.15. The minimum Gasteiger partial charge on any atom is -0.487 e. The lowest BCUT2D eigenvalue weighted by Crippen LogP contribution is -2.23. The predicted octanol–water partition coefficient (Wildman–Crippen LogP) is 7.69. The highest BCUT2D eigenvalue weighted by molar-refractivity contribution is 9.10. The zero-order valence-electron chi connectivity index (χ0n) is 18.9. The molecule has 0 radical (unpaired) electrons. The highest BCUT2D eigenvalue weighted by Gasteiger charge is 2.16. The topological polar surface area (TPSA) is 56.5 Å². The van der Waals surface area contributed by atoms with Crippen LogP contribution in [0.15, 0.2) is 73.4 Å². The molecule has 0 fully saturated rings. The zero-order chi connectivity index (χ0) is 25.1. The van der Waals surface area contributed by atoms with Crippen LogP contribution in [-0.2, 0) is 6.61 Å². The van der Waals surface area contributed by atoms with Crippen LogP contribution in [0.3, 0.4) is 0 Å². The van der Waals surface area contributed by atoms with Crippen molar-refractivity contribution in [3.63, 3.8) is 0 Å². The highest BCUT2D eigenvalue weighted by Crippen LogP contribution is 2.33. The Morgan fingerprint density at radius 3 is 2.63 bits per heavy atom. The molecule has 4 rings (SSSR count). The Kier molecular flexibility index (Phi) is 8.04. The minimum absolute atomic E-state index is 0.00758. The predicted molar refractivity (Wildman–Crippen MR) is 145 cm³/mol. The summed E-state index contributed by atoms with van der Waals surface area (Å²) in [6.07, 6.45) is 2.33. The number of fused-ring (bicyclic) bond motifs is 1. The van der Waals surface area contributed by atoms with Crippen molar-refractivity contribution in [1.29, 1.82) is 0 Å². The van der Waals surface area contributed by atoms with Gasteiger partial charge < -0.3 is 4.74 Å². The highest BCUT2D eigenvalue weighted by atomic mass is 79.9. The Labute approximate surface area is 223 Å². The van der Waals surface area contributed by atoms with Crippen LogP contribution in [0.25, 0.3) is 10.9 Å². The molecule has 3 aromatic carbocycles. The van der Waals surface area contributed by atoms with E-state index in [1.54, 1.807) is 30.3 Å². The number of nitrogens with zero attached hydrogens (tertiary/aromatic N) is 3. The minimum atomic E-state index is -0.312. The molecule has 0 bridgehead atoms. The molecule has 0 aliphatic heterocycles. The molecule has 35 heavy (non-hydrogen) atoms. The summed E-state index contributed by atoms with van der Waals surface area (Å²) >= 11 is 13.2. The van der Waals surface area contributed by atoms with Crippen molar-refractivity contribution in [3.05, 3.63) is 102 Å². The first-order chi connectivity index (χ1) is 16.8.